The molecule has 1 N–H and O–H groups in total. The zero-order valence-corrected chi connectivity index (χ0v) is 18.4. The predicted molar refractivity (Wildman–Crippen MR) is 123 cm³/mol. The average Bonchev–Trinajstić information content (AvgIpc) is 3.28. The van der Waals surface area contributed by atoms with Gasteiger partial charge in [0, 0.05) is 42.8 Å². The van der Waals surface area contributed by atoms with Crippen molar-refractivity contribution in [3.63, 3.8) is 0 Å². The molecule has 9 heteroatoms. The van der Waals surface area contributed by atoms with Crippen LogP contribution in [0.1, 0.15) is 5.56 Å². The summed E-state index contributed by atoms with van der Waals surface area (Å²) in [5, 5.41) is 10.5. The van der Waals surface area contributed by atoms with E-state index < -0.39 is 5.97 Å². The number of imidazole rings is 1. The molecule has 4 aromatic rings. The first kappa shape index (κ1) is 20.9. The van der Waals surface area contributed by atoms with Gasteiger partial charge < -0.3 is 19.1 Å². The second kappa shape index (κ2) is 8.43. The van der Waals surface area contributed by atoms with Crippen molar-refractivity contribution in [2.75, 3.05) is 24.7 Å². The second-order valence-corrected chi connectivity index (χ2v) is 8.20. The molecule has 4 rings (SSSR count). The van der Waals surface area contributed by atoms with Gasteiger partial charge in [0.15, 0.2) is 5.43 Å². The molecule has 0 bridgehead atoms. The summed E-state index contributed by atoms with van der Waals surface area (Å²) in [5.74, 6) is -0.315. The van der Waals surface area contributed by atoms with Gasteiger partial charge >= 0.3 is 5.97 Å². The lowest BCUT2D eigenvalue weighted by Gasteiger charge is -2.21. The lowest BCUT2D eigenvalue weighted by Crippen LogP contribution is -2.24. The summed E-state index contributed by atoms with van der Waals surface area (Å²) >= 11 is 1.50. The molecule has 0 unspecified atom stereocenters. The third-order valence-electron chi connectivity index (χ3n) is 5.35. The fourth-order valence-corrected chi connectivity index (χ4v) is 4.56. The number of aromatic nitrogens is 4. The van der Waals surface area contributed by atoms with E-state index in [0.717, 1.165) is 17.0 Å². The van der Waals surface area contributed by atoms with Crippen molar-refractivity contribution >= 4 is 45.5 Å². The number of aryl methyl sites for hydroxylation is 1. The normalized spacial score (nSPS) is 11.3. The first-order valence-corrected chi connectivity index (χ1v) is 11.0. The van der Waals surface area contributed by atoms with E-state index >= 15 is 0 Å². The number of pyridine rings is 2. The van der Waals surface area contributed by atoms with Crippen LogP contribution in [0.15, 0.2) is 52.7 Å². The van der Waals surface area contributed by atoms with Crippen molar-refractivity contribution in [2.24, 2.45) is 0 Å². The number of thioether (sulfide) groups is 1. The van der Waals surface area contributed by atoms with E-state index in [-0.39, 0.29) is 12.0 Å². The van der Waals surface area contributed by atoms with E-state index in [0.29, 0.717) is 34.3 Å². The molecular weight excluding hydrogens is 414 g/mol. The largest absolute Gasteiger partial charge is 0.480 e. The molecular formula is C22H23N5O3S. The van der Waals surface area contributed by atoms with Gasteiger partial charge in [0.25, 0.3) is 0 Å². The number of carbonyl (C=O) groups is 1. The average molecular weight is 438 g/mol. The molecule has 1 aromatic carbocycles. The first-order valence-electron chi connectivity index (χ1n) is 9.80. The van der Waals surface area contributed by atoms with E-state index in [9.17, 15) is 14.7 Å². The predicted octanol–water partition coefficient (Wildman–Crippen LogP) is 3.00. The third kappa shape index (κ3) is 3.88. The Kier molecular flexibility index (Phi) is 5.69. The number of aliphatic carboxylic acids is 1. The summed E-state index contributed by atoms with van der Waals surface area (Å²) in [6.45, 7) is 3.09. The summed E-state index contributed by atoms with van der Waals surface area (Å²) in [4.78, 5) is 36.6. The van der Waals surface area contributed by atoms with Gasteiger partial charge in [0.05, 0.1) is 17.2 Å². The first-order chi connectivity index (χ1) is 14.9. The maximum Gasteiger partial charge on any atom is 0.323 e. The van der Waals surface area contributed by atoms with Crippen molar-refractivity contribution in [2.45, 2.75) is 24.9 Å². The van der Waals surface area contributed by atoms with E-state index in [4.69, 9.17) is 4.98 Å². The van der Waals surface area contributed by atoms with Crippen LogP contribution in [0.3, 0.4) is 0 Å². The molecule has 0 amide bonds. The maximum absolute atomic E-state index is 13.2. The van der Waals surface area contributed by atoms with Crippen LogP contribution < -0.4 is 10.3 Å². The molecule has 0 spiro atoms. The molecule has 3 aromatic heterocycles. The van der Waals surface area contributed by atoms with E-state index in [1.54, 1.807) is 35.3 Å². The minimum Gasteiger partial charge on any atom is -0.480 e. The Labute approximate surface area is 183 Å². The van der Waals surface area contributed by atoms with E-state index in [2.05, 4.69) is 4.98 Å². The Morgan fingerprint density at radius 1 is 1.23 bits per heavy atom. The van der Waals surface area contributed by atoms with Gasteiger partial charge in [0.1, 0.15) is 18.0 Å². The van der Waals surface area contributed by atoms with Crippen LogP contribution in [0, 0.1) is 6.92 Å². The molecule has 0 saturated heterocycles. The summed E-state index contributed by atoms with van der Waals surface area (Å²) in [6, 6.07) is 7.22. The number of likely N-dealkylation sites (N-methyl/N-ethyl adjacent to an activating group) is 1. The number of carboxylic acid groups (broad SMARTS) is 1. The number of anilines is 1. The summed E-state index contributed by atoms with van der Waals surface area (Å²) in [6.07, 6.45) is 7.31. The topological polar surface area (TPSA) is 93.3 Å². The molecule has 0 aliphatic heterocycles. The fraction of sp³-hybridized carbons (Fsp3) is 0.273. The molecule has 160 valence electrons. The highest BCUT2D eigenvalue weighted by atomic mass is 32.2. The van der Waals surface area contributed by atoms with Crippen LogP contribution in [0.4, 0.5) is 5.82 Å². The van der Waals surface area contributed by atoms with Crippen LogP contribution in [-0.4, -0.2) is 50.0 Å². The highest BCUT2D eigenvalue weighted by molar-refractivity contribution is 7.98. The zero-order valence-electron chi connectivity index (χ0n) is 17.6. The molecule has 0 radical (unpaired) electrons. The van der Waals surface area contributed by atoms with E-state index in [1.165, 1.54) is 11.8 Å². The van der Waals surface area contributed by atoms with Crippen molar-refractivity contribution < 1.29 is 9.90 Å². The van der Waals surface area contributed by atoms with Crippen LogP contribution >= 0.6 is 11.8 Å². The highest BCUT2D eigenvalue weighted by Crippen LogP contribution is 2.31. The number of carboxylic acids is 1. The number of rotatable bonds is 7. The molecule has 0 atom stereocenters. The Balaban J connectivity index is 1.91. The Morgan fingerprint density at radius 2 is 2.00 bits per heavy atom. The van der Waals surface area contributed by atoms with Gasteiger partial charge in [-0.2, -0.15) is 0 Å². The number of nitrogens with zero attached hydrogens (tertiary/aromatic N) is 5. The third-order valence-corrected chi connectivity index (χ3v) is 6.27. The van der Waals surface area contributed by atoms with Crippen LogP contribution in [0.5, 0.6) is 0 Å². The van der Waals surface area contributed by atoms with Gasteiger partial charge in [-0.3, -0.25) is 9.59 Å². The van der Waals surface area contributed by atoms with Crippen molar-refractivity contribution in [3.8, 4) is 0 Å². The Morgan fingerprint density at radius 3 is 2.68 bits per heavy atom. The molecule has 0 saturated carbocycles. The minimum absolute atomic E-state index is 0.137. The number of hydrogen-bond acceptors (Lipinski definition) is 6. The number of fused-ring (bicyclic) bond motifs is 2. The minimum atomic E-state index is -0.986. The highest BCUT2D eigenvalue weighted by Gasteiger charge is 2.19. The standard InChI is InChI=1S/C22H23N5O3S/c1-14-4-5-15-19(21(14)31-3)27(12-18(28)29)22-16(20(15)30)6-7-17(24-22)25(2)10-11-26-9-8-23-13-26/h4-9,13H,10-12H2,1-3H3,(H,28,29). The van der Waals surface area contributed by atoms with Gasteiger partial charge in [-0.1, -0.05) is 6.07 Å². The number of hydrogen-bond donors (Lipinski definition) is 1. The monoisotopic (exact) mass is 437 g/mol. The summed E-state index contributed by atoms with van der Waals surface area (Å²) in [5.41, 5.74) is 1.86. The second-order valence-electron chi connectivity index (χ2n) is 7.38. The smallest absolute Gasteiger partial charge is 0.323 e. The lowest BCUT2D eigenvalue weighted by atomic mass is 10.1. The van der Waals surface area contributed by atoms with Gasteiger partial charge in [0.2, 0.25) is 0 Å². The molecule has 8 nitrogen and oxygen atoms in total. The quantitative estimate of drug-likeness (QED) is 0.351. The lowest BCUT2D eigenvalue weighted by molar-refractivity contribution is -0.137. The van der Waals surface area contributed by atoms with Crippen molar-refractivity contribution in [1.29, 1.82) is 0 Å². The van der Waals surface area contributed by atoms with Gasteiger partial charge in [-0.15, -0.1) is 11.8 Å². The SMILES string of the molecule is CSc1c(C)ccc2c(=O)c3ccc(N(C)CCn4ccnc4)nc3n(CC(=O)O)c12. The fourth-order valence-electron chi connectivity index (χ4n) is 3.75. The maximum atomic E-state index is 13.2. The molecule has 0 aliphatic carbocycles. The number of benzene rings is 1. The molecule has 3 heterocycles. The Hall–Kier alpha value is -3.33. The molecule has 31 heavy (non-hydrogen) atoms. The summed E-state index contributed by atoms with van der Waals surface area (Å²) in [7, 11) is 1.92. The van der Waals surface area contributed by atoms with Crippen LogP contribution in [-0.2, 0) is 17.9 Å². The van der Waals surface area contributed by atoms with E-state index in [1.807, 2.05) is 42.0 Å². The van der Waals surface area contributed by atoms with Gasteiger partial charge in [-0.05, 0) is 36.9 Å². The zero-order chi connectivity index (χ0) is 22.1. The van der Waals surface area contributed by atoms with Crippen LogP contribution in [0.25, 0.3) is 21.9 Å². The molecule has 0 aliphatic rings. The summed E-state index contributed by atoms with van der Waals surface area (Å²) < 4.78 is 3.62. The Bertz CT molecular complexity index is 1330. The van der Waals surface area contributed by atoms with Crippen LogP contribution in [0.2, 0.25) is 0 Å². The van der Waals surface area contributed by atoms with Gasteiger partial charge in [-0.25, -0.2) is 9.97 Å². The van der Waals surface area contributed by atoms with Crippen molar-refractivity contribution in [1.82, 2.24) is 19.1 Å². The van der Waals surface area contributed by atoms with Crippen molar-refractivity contribution in [3.05, 3.63) is 58.8 Å². The molecule has 0 fully saturated rings.